The minimum Gasteiger partial charge on any atom is -0.307 e. The predicted octanol–water partition coefficient (Wildman–Crippen LogP) is 2.50. The molecule has 108 valence electrons. The first kappa shape index (κ1) is 16.2. The lowest BCUT2D eigenvalue weighted by molar-refractivity contribution is 0.807. The predicted molar refractivity (Wildman–Crippen MR) is 90.6 cm³/mol. The van der Waals surface area contributed by atoms with Gasteiger partial charge in [-0.25, -0.2) is 4.99 Å². The largest absolute Gasteiger partial charge is 0.307 e. The van der Waals surface area contributed by atoms with Gasteiger partial charge in [-0.05, 0) is 13.1 Å². The summed E-state index contributed by atoms with van der Waals surface area (Å²) < 4.78 is 0. The van der Waals surface area contributed by atoms with Crippen molar-refractivity contribution in [3.8, 4) is 0 Å². The van der Waals surface area contributed by atoms with E-state index in [-0.39, 0.29) is 5.84 Å². The molecule has 0 amide bonds. The number of hydrogen-bond acceptors (Lipinski definition) is 4. The van der Waals surface area contributed by atoms with E-state index >= 15 is 0 Å². The topological polar surface area (TPSA) is 85.3 Å². The molecule has 1 atom stereocenters. The van der Waals surface area contributed by atoms with Crippen molar-refractivity contribution in [3.05, 3.63) is 48.9 Å². The van der Waals surface area contributed by atoms with E-state index in [1.807, 2.05) is 18.2 Å². The maximum Gasteiger partial charge on any atom is 0.198 e. The van der Waals surface area contributed by atoms with Crippen LogP contribution in [0.4, 0.5) is 0 Å². The second-order valence-corrected chi connectivity index (χ2v) is 3.95. The molecular weight excluding hydrogens is 264 g/mol. The average molecular weight is 282 g/mol. The summed E-state index contributed by atoms with van der Waals surface area (Å²) in [6, 6.07) is 0. The molecule has 6 nitrogen and oxygen atoms in total. The van der Waals surface area contributed by atoms with Crippen LogP contribution < -0.4 is 5.43 Å². The zero-order chi connectivity index (χ0) is 15.3. The molecule has 1 aliphatic carbocycles. The summed E-state index contributed by atoms with van der Waals surface area (Å²) in [6.45, 7) is 7.03. The molecule has 1 rings (SSSR count). The van der Waals surface area contributed by atoms with Gasteiger partial charge in [0.2, 0.25) is 0 Å². The molecule has 0 saturated carbocycles. The van der Waals surface area contributed by atoms with Crippen molar-refractivity contribution in [1.82, 2.24) is 5.43 Å². The Labute approximate surface area is 124 Å². The number of aliphatic imine (C=N–C) groups is 3. The maximum atomic E-state index is 6.90. The lowest BCUT2D eigenvalue weighted by Crippen LogP contribution is -2.05. The van der Waals surface area contributed by atoms with Crippen LogP contribution in [0.25, 0.3) is 0 Å². The van der Waals surface area contributed by atoms with Gasteiger partial charge in [0.15, 0.2) is 5.84 Å². The van der Waals surface area contributed by atoms with E-state index in [0.29, 0.717) is 11.6 Å². The molecule has 0 spiro atoms. The molecule has 0 aromatic rings. The van der Waals surface area contributed by atoms with E-state index in [1.165, 1.54) is 12.6 Å². The molecule has 6 heteroatoms. The Balaban J connectivity index is 2.64. The number of hydrogen-bond donors (Lipinski definition) is 2. The number of rotatable bonds is 7. The number of amidine groups is 1. The van der Waals surface area contributed by atoms with Gasteiger partial charge in [0.05, 0.1) is 0 Å². The Bertz CT molecular complexity index is 549. The summed E-state index contributed by atoms with van der Waals surface area (Å²) in [5.41, 5.74) is 3.10. The smallest absolute Gasteiger partial charge is 0.198 e. The van der Waals surface area contributed by atoms with Crippen LogP contribution in [-0.4, -0.2) is 31.3 Å². The van der Waals surface area contributed by atoms with Crippen LogP contribution in [0, 0.1) is 11.3 Å². The molecule has 1 aliphatic rings. The minimum atomic E-state index is 0.268. The molecule has 0 aliphatic heterocycles. The second kappa shape index (κ2) is 9.96. The van der Waals surface area contributed by atoms with Crippen molar-refractivity contribution in [2.24, 2.45) is 26.0 Å². The van der Waals surface area contributed by atoms with Crippen LogP contribution in [-0.2, 0) is 0 Å². The highest BCUT2D eigenvalue weighted by Crippen LogP contribution is 2.11. The van der Waals surface area contributed by atoms with E-state index in [0.717, 1.165) is 12.6 Å². The second-order valence-electron chi connectivity index (χ2n) is 3.95. The van der Waals surface area contributed by atoms with Crippen LogP contribution in [0.15, 0.2) is 68.9 Å². The Morgan fingerprint density at radius 2 is 2.19 bits per heavy atom. The quantitative estimate of drug-likeness (QED) is 0.419. The van der Waals surface area contributed by atoms with E-state index < -0.39 is 0 Å². The van der Waals surface area contributed by atoms with Crippen molar-refractivity contribution >= 4 is 31.3 Å². The molecule has 21 heavy (non-hydrogen) atoms. The van der Waals surface area contributed by atoms with E-state index in [9.17, 15) is 0 Å². The van der Waals surface area contributed by atoms with Gasteiger partial charge in [-0.2, -0.15) is 5.10 Å². The Morgan fingerprint density at radius 3 is 2.86 bits per heavy atom. The molecule has 0 bridgehead atoms. The van der Waals surface area contributed by atoms with Crippen molar-refractivity contribution in [1.29, 1.82) is 5.41 Å². The first-order chi connectivity index (χ1) is 10.3. The first-order valence-corrected chi connectivity index (χ1v) is 6.32. The number of hydrazone groups is 1. The summed E-state index contributed by atoms with van der Waals surface area (Å²) in [6.07, 6.45) is 16.6. The maximum absolute atomic E-state index is 6.90. The van der Waals surface area contributed by atoms with Gasteiger partial charge in [0.25, 0.3) is 0 Å². The summed E-state index contributed by atoms with van der Waals surface area (Å²) in [4.78, 5) is 11.4. The summed E-state index contributed by atoms with van der Waals surface area (Å²) in [5, 5.41) is 11.0. The Morgan fingerprint density at radius 1 is 1.33 bits per heavy atom. The van der Waals surface area contributed by atoms with Gasteiger partial charge in [-0.1, -0.05) is 37.0 Å². The zero-order valence-corrected chi connectivity index (χ0v) is 11.7. The van der Waals surface area contributed by atoms with Crippen molar-refractivity contribution in [3.63, 3.8) is 0 Å². The number of nitrogens with zero attached hydrogens (tertiary/aromatic N) is 4. The van der Waals surface area contributed by atoms with Crippen LogP contribution in [0.3, 0.4) is 0 Å². The van der Waals surface area contributed by atoms with Crippen LogP contribution in [0.1, 0.15) is 6.42 Å². The lowest BCUT2D eigenvalue weighted by atomic mass is 10.0. The monoisotopic (exact) mass is 282 g/mol. The molecule has 0 aromatic heterocycles. The number of nitrogens with one attached hydrogen (secondary N) is 2. The highest BCUT2D eigenvalue weighted by molar-refractivity contribution is 6.16. The van der Waals surface area contributed by atoms with Crippen LogP contribution in [0.5, 0.6) is 0 Å². The van der Waals surface area contributed by atoms with Gasteiger partial charge >= 0.3 is 0 Å². The molecular formula is C15H18N6. The molecule has 0 heterocycles. The summed E-state index contributed by atoms with van der Waals surface area (Å²) in [5.74, 6) is 0.628. The Kier molecular flexibility index (Phi) is 7.67. The fraction of sp³-hybridized carbons (Fsp3) is 0.133. The van der Waals surface area contributed by atoms with E-state index in [1.54, 1.807) is 6.20 Å². The van der Waals surface area contributed by atoms with E-state index in [2.05, 4.69) is 51.0 Å². The third-order valence-corrected chi connectivity index (χ3v) is 2.43. The molecule has 1 unspecified atom stereocenters. The SMILES string of the molecule is C=NC=N/C(=N\N/C=C/C1C=CC=CC1)C(=C)N=CC=N. The lowest BCUT2D eigenvalue weighted by Gasteiger charge is -2.06. The minimum absolute atomic E-state index is 0.268. The Hall–Kier alpha value is -2.89. The van der Waals surface area contributed by atoms with Gasteiger partial charge in [-0.3, -0.25) is 15.4 Å². The normalized spacial score (nSPS) is 18.7. The van der Waals surface area contributed by atoms with Gasteiger partial charge in [-0.15, -0.1) is 0 Å². The fourth-order valence-electron chi connectivity index (χ4n) is 1.46. The van der Waals surface area contributed by atoms with E-state index in [4.69, 9.17) is 5.41 Å². The van der Waals surface area contributed by atoms with Crippen molar-refractivity contribution in [2.45, 2.75) is 6.42 Å². The number of allylic oxidation sites excluding steroid dienone is 5. The highest BCUT2D eigenvalue weighted by atomic mass is 15.3. The molecule has 0 fully saturated rings. The van der Waals surface area contributed by atoms with Gasteiger partial charge < -0.3 is 5.41 Å². The van der Waals surface area contributed by atoms with Gasteiger partial charge in [0, 0.05) is 24.5 Å². The highest BCUT2D eigenvalue weighted by Gasteiger charge is 2.01. The fourth-order valence-corrected chi connectivity index (χ4v) is 1.46. The molecule has 0 aromatic carbocycles. The first-order valence-electron chi connectivity index (χ1n) is 6.32. The summed E-state index contributed by atoms with van der Waals surface area (Å²) in [7, 11) is 0. The third kappa shape index (κ3) is 6.72. The summed E-state index contributed by atoms with van der Waals surface area (Å²) >= 11 is 0. The van der Waals surface area contributed by atoms with Crippen LogP contribution >= 0.6 is 0 Å². The molecule has 0 saturated heterocycles. The van der Waals surface area contributed by atoms with Gasteiger partial charge in [0.1, 0.15) is 12.0 Å². The third-order valence-electron chi connectivity index (χ3n) is 2.43. The zero-order valence-electron chi connectivity index (χ0n) is 11.7. The van der Waals surface area contributed by atoms with Crippen molar-refractivity contribution in [2.75, 3.05) is 0 Å². The molecule has 0 radical (unpaired) electrons. The van der Waals surface area contributed by atoms with Crippen LogP contribution in [0.2, 0.25) is 0 Å². The molecule has 2 N–H and O–H groups in total. The average Bonchev–Trinajstić information content (AvgIpc) is 2.53. The van der Waals surface area contributed by atoms with Crippen molar-refractivity contribution < 1.29 is 0 Å². The standard InChI is InChI=1S/C15H18N6/c1-13(18-11-9-16)15(19-12-17-2)21-20-10-8-14-6-4-3-5-7-14/h3-6,8-12,14,16,20H,1-2,7H2/b10-8+,16-9?,18-11?,19-12?,21-15-.